The van der Waals surface area contributed by atoms with Crippen molar-refractivity contribution < 1.29 is 0 Å². The molecule has 8 heteroatoms. The molecule has 1 aromatic carbocycles. The highest BCUT2D eigenvalue weighted by Gasteiger charge is 2.12. The molecule has 0 amide bonds. The number of hydrogen-bond donors (Lipinski definition) is 2. The number of hydrogen-bond acceptors (Lipinski definition) is 5. The molecule has 2 aromatic heterocycles. The molecule has 0 saturated carbocycles. The molecule has 0 unspecified atom stereocenters. The van der Waals surface area contributed by atoms with Crippen LogP contribution < -0.4 is 16.3 Å². The van der Waals surface area contributed by atoms with Crippen molar-refractivity contribution in [2.24, 2.45) is 5.10 Å². The van der Waals surface area contributed by atoms with E-state index in [1.165, 1.54) is 22.4 Å². The molecular weight excluding hydrogens is 378 g/mol. The van der Waals surface area contributed by atoms with E-state index in [1.807, 2.05) is 36.4 Å². The predicted molar refractivity (Wildman–Crippen MR) is 114 cm³/mol. The fraction of sp³-hybridized carbons (Fsp3) is 0.0526. The molecule has 2 heterocycles. The molecule has 0 bridgehead atoms. The lowest BCUT2D eigenvalue weighted by Gasteiger charge is -2.08. The van der Waals surface area contributed by atoms with Gasteiger partial charge < -0.3 is 5.32 Å². The van der Waals surface area contributed by atoms with Gasteiger partial charge in [0.25, 0.3) is 5.56 Å². The number of thiocarbonyl (C=S) groups is 1. The van der Waals surface area contributed by atoms with Crippen molar-refractivity contribution in [1.29, 1.82) is 0 Å². The van der Waals surface area contributed by atoms with Gasteiger partial charge in [-0.05, 0) is 36.5 Å². The van der Waals surface area contributed by atoms with Crippen LogP contribution in [0.5, 0.6) is 0 Å². The van der Waals surface area contributed by atoms with E-state index < -0.39 is 0 Å². The summed E-state index contributed by atoms with van der Waals surface area (Å²) in [5.41, 5.74) is 3.45. The Balaban J connectivity index is 1.96. The number of nitrogens with zero attached hydrogens (tertiary/aromatic N) is 3. The molecule has 0 aliphatic rings. The minimum absolute atomic E-state index is 0.199. The summed E-state index contributed by atoms with van der Waals surface area (Å²) in [7, 11) is 0. The SMILES string of the molecule is C=CCNC(=S)N/N=C\c1c(Sc2ccccc2)nc2ccccn2c1=O. The van der Waals surface area contributed by atoms with Gasteiger partial charge in [0.1, 0.15) is 10.7 Å². The molecule has 3 aromatic rings. The topological polar surface area (TPSA) is 70.8 Å². The largest absolute Gasteiger partial charge is 0.358 e. The molecule has 0 fully saturated rings. The molecule has 3 rings (SSSR count). The van der Waals surface area contributed by atoms with Gasteiger partial charge in [-0.1, -0.05) is 42.1 Å². The first-order valence-electron chi connectivity index (χ1n) is 8.11. The van der Waals surface area contributed by atoms with Crippen molar-refractivity contribution in [3.05, 3.63) is 83.3 Å². The molecule has 0 aliphatic carbocycles. The minimum Gasteiger partial charge on any atom is -0.358 e. The van der Waals surface area contributed by atoms with Crippen LogP contribution in [0.3, 0.4) is 0 Å². The number of pyridine rings is 1. The number of rotatable bonds is 6. The van der Waals surface area contributed by atoms with E-state index in [9.17, 15) is 4.79 Å². The van der Waals surface area contributed by atoms with Gasteiger partial charge in [0.15, 0.2) is 5.11 Å². The summed E-state index contributed by atoms with van der Waals surface area (Å²) in [6.45, 7) is 4.13. The zero-order valence-electron chi connectivity index (χ0n) is 14.3. The summed E-state index contributed by atoms with van der Waals surface area (Å²) < 4.78 is 1.49. The normalized spacial score (nSPS) is 10.8. The molecule has 0 atom stereocenters. The number of hydrazone groups is 1. The summed E-state index contributed by atoms with van der Waals surface area (Å²) in [5.74, 6) is 0. The fourth-order valence-corrected chi connectivity index (χ4v) is 3.27. The lowest BCUT2D eigenvalue weighted by Crippen LogP contribution is -2.32. The highest BCUT2D eigenvalue weighted by atomic mass is 32.2. The fourth-order valence-electron chi connectivity index (χ4n) is 2.23. The zero-order chi connectivity index (χ0) is 19.1. The highest BCUT2D eigenvalue weighted by molar-refractivity contribution is 7.99. The minimum atomic E-state index is -0.199. The Morgan fingerprint density at radius 2 is 2.04 bits per heavy atom. The third kappa shape index (κ3) is 4.81. The first-order valence-corrected chi connectivity index (χ1v) is 9.33. The Labute approximate surface area is 166 Å². The molecule has 27 heavy (non-hydrogen) atoms. The van der Waals surface area contributed by atoms with Crippen LogP contribution in [0.2, 0.25) is 0 Å². The summed E-state index contributed by atoms with van der Waals surface area (Å²) in [6, 6.07) is 15.2. The van der Waals surface area contributed by atoms with Crippen molar-refractivity contribution in [2.75, 3.05) is 6.54 Å². The lowest BCUT2D eigenvalue weighted by atomic mass is 10.3. The van der Waals surface area contributed by atoms with Crippen LogP contribution in [0.4, 0.5) is 0 Å². The molecule has 136 valence electrons. The van der Waals surface area contributed by atoms with Gasteiger partial charge in [0, 0.05) is 17.6 Å². The Bertz CT molecular complexity index is 1050. The molecule has 0 radical (unpaired) electrons. The van der Waals surface area contributed by atoms with E-state index in [0.717, 1.165) is 4.90 Å². The van der Waals surface area contributed by atoms with E-state index >= 15 is 0 Å². The van der Waals surface area contributed by atoms with E-state index in [1.54, 1.807) is 24.4 Å². The predicted octanol–water partition coefficient (Wildman–Crippen LogP) is 2.83. The van der Waals surface area contributed by atoms with Gasteiger partial charge in [-0.3, -0.25) is 14.6 Å². The molecule has 6 nitrogen and oxygen atoms in total. The molecule has 0 spiro atoms. The van der Waals surface area contributed by atoms with Gasteiger partial charge in [0.05, 0.1) is 11.8 Å². The summed E-state index contributed by atoms with van der Waals surface area (Å²) >= 11 is 6.51. The second-order valence-corrected chi connectivity index (χ2v) is 6.82. The second kappa shape index (κ2) is 9.11. The van der Waals surface area contributed by atoms with Crippen molar-refractivity contribution in [1.82, 2.24) is 20.1 Å². The zero-order valence-corrected chi connectivity index (χ0v) is 16.0. The smallest absolute Gasteiger partial charge is 0.267 e. The van der Waals surface area contributed by atoms with Gasteiger partial charge in [-0.25, -0.2) is 4.98 Å². The standard InChI is InChI=1S/C19H17N5OS2/c1-2-11-20-19(26)23-21-13-15-17(27-14-8-4-3-5-9-14)22-16-10-6-7-12-24(16)18(15)25/h2-10,12-13H,1,11H2,(H2,20,23,26)/b21-13-. The number of benzene rings is 1. The van der Waals surface area contributed by atoms with E-state index in [4.69, 9.17) is 12.2 Å². The van der Waals surface area contributed by atoms with Crippen LogP contribution >= 0.6 is 24.0 Å². The maximum absolute atomic E-state index is 12.9. The molecule has 2 N–H and O–H groups in total. The van der Waals surface area contributed by atoms with Gasteiger partial charge in [0.2, 0.25) is 0 Å². The first kappa shape index (κ1) is 18.8. The van der Waals surface area contributed by atoms with Gasteiger partial charge in [-0.2, -0.15) is 5.10 Å². The van der Waals surface area contributed by atoms with Crippen LogP contribution in [-0.4, -0.2) is 27.3 Å². The van der Waals surface area contributed by atoms with Gasteiger partial charge >= 0.3 is 0 Å². The maximum Gasteiger partial charge on any atom is 0.267 e. The lowest BCUT2D eigenvalue weighted by molar-refractivity contribution is 0.935. The van der Waals surface area contributed by atoms with Crippen LogP contribution in [0.15, 0.2) is 87.2 Å². The second-order valence-electron chi connectivity index (χ2n) is 5.35. The third-order valence-electron chi connectivity index (χ3n) is 3.46. The monoisotopic (exact) mass is 395 g/mol. The molecule has 0 saturated heterocycles. The average Bonchev–Trinajstić information content (AvgIpc) is 2.69. The van der Waals surface area contributed by atoms with E-state index in [-0.39, 0.29) is 5.56 Å². The van der Waals surface area contributed by atoms with Gasteiger partial charge in [-0.15, -0.1) is 6.58 Å². The summed E-state index contributed by atoms with van der Waals surface area (Å²) in [4.78, 5) is 18.5. The Kier molecular flexibility index (Phi) is 6.35. The third-order valence-corrected chi connectivity index (χ3v) is 4.71. The average molecular weight is 396 g/mol. The van der Waals surface area contributed by atoms with Crippen LogP contribution in [0, 0.1) is 0 Å². The summed E-state index contributed by atoms with van der Waals surface area (Å²) in [6.07, 6.45) is 4.82. The first-order chi connectivity index (χ1) is 13.2. The molecule has 0 aliphatic heterocycles. The number of nitrogens with one attached hydrogen (secondary N) is 2. The molecular formula is C19H17N5OS2. The maximum atomic E-state index is 12.9. The summed E-state index contributed by atoms with van der Waals surface area (Å²) in [5, 5.41) is 7.91. The van der Waals surface area contributed by atoms with Crippen molar-refractivity contribution >= 4 is 41.0 Å². The van der Waals surface area contributed by atoms with Crippen LogP contribution in [0.25, 0.3) is 5.65 Å². The van der Waals surface area contributed by atoms with Crippen molar-refractivity contribution in [3.8, 4) is 0 Å². The Morgan fingerprint density at radius 1 is 1.26 bits per heavy atom. The van der Waals surface area contributed by atoms with Crippen LogP contribution in [0.1, 0.15) is 5.56 Å². The van der Waals surface area contributed by atoms with E-state index in [0.29, 0.717) is 27.9 Å². The van der Waals surface area contributed by atoms with Crippen molar-refractivity contribution in [3.63, 3.8) is 0 Å². The Hall–Kier alpha value is -2.97. The Morgan fingerprint density at radius 3 is 2.81 bits per heavy atom. The van der Waals surface area contributed by atoms with Crippen LogP contribution in [-0.2, 0) is 0 Å². The number of aromatic nitrogens is 2. The number of fused-ring (bicyclic) bond motifs is 1. The van der Waals surface area contributed by atoms with Crippen molar-refractivity contribution in [2.45, 2.75) is 9.92 Å². The quantitative estimate of drug-likeness (QED) is 0.220. The highest BCUT2D eigenvalue weighted by Crippen LogP contribution is 2.27. The van der Waals surface area contributed by atoms with E-state index in [2.05, 4.69) is 27.4 Å².